The van der Waals surface area contributed by atoms with E-state index in [-0.39, 0.29) is 5.91 Å². The number of benzene rings is 1. The second-order valence-corrected chi connectivity index (χ2v) is 7.98. The lowest BCUT2D eigenvalue weighted by Crippen LogP contribution is -2.40. The van der Waals surface area contributed by atoms with E-state index in [2.05, 4.69) is 9.89 Å². The summed E-state index contributed by atoms with van der Waals surface area (Å²) in [6, 6.07) is 7.99. The summed E-state index contributed by atoms with van der Waals surface area (Å²) in [6.07, 6.45) is 6.59. The van der Waals surface area contributed by atoms with E-state index in [4.69, 9.17) is 9.47 Å². The Kier molecular flexibility index (Phi) is 7.45. The fraction of sp³-hybridized carbons (Fsp3) is 0.636. The minimum Gasteiger partial charge on any atom is -0.494 e. The second-order valence-electron chi connectivity index (χ2n) is 7.98. The van der Waals surface area contributed by atoms with Crippen LogP contribution in [-0.4, -0.2) is 75.6 Å². The average molecular weight is 388 g/mol. The molecule has 0 aliphatic carbocycles. The molecule has 0 unspecified atom stereocenters. The number of hydrogen-bond donors (Lipinski definition) is 0. The lowest BCUT2D eigenvalue weighted by atomic mass is 9.73. The Balaban J connectivity index is 1.60. The van der Waals surface area contributed by atoms with Gasteiger partial charge in [0.2, 0.25) is 0 Å². The Morgan fingerprint density at radius 1 is 1.21 bits per heavy atom. The van der Waals surface area contributed by atoms with Crippen molar-refractivity contribution in [3.8, 4) is 5.75 Å². The predicted molar refractivity (Wildman–Crippen MR) is 111 cm³/mol. The molecule has 6 heteroatoms. The molecule has 1 aromatic carbocycles. The predicted octanol–water partition coefficient (Wildman–Crippen LogP) is 2.72. The van der Waals surface area contributed by atoms with E-state index < -0.39 is 5.41 Å². The maximum absolute atomic E-state index is 12.9. The van der Waals surface area contributed by atoms with Crippen molar-refractivity contribution < 1.29 is 14.3 Å². The van der Waals surface area contributed by atoms with Gasteiger partial charge in [-0.2, -0.15) is 0 Å². The first-order valence-electron chi connectivity index (χ1n) is 10.4. The van der Waals surface area contributed by atoms with E-state index in [1.54, 1.807) is 11.2 Å². The van der Waals surface area contributed by atoms with Crippen LogP contribution >= 0.6 is 0 Å². The highest BCUT2D eigenvalue weighted by atomic mass is 16.5. The summed E-state index contributed by atoms with van der Waals surface area (Å²) in [5.41, 5.74) is 0.403. The van der Waals surface area contributed by atoms with Crippen LogP contribution < -0.4 is 4.74 Å². The highest BCUT2D eigenvalue weighted by Crippen LogP contribution is 2.37. The van der Waals surface area contributed by atoms with Gasteiger partial charge in [0.15, 0.2) is 0 Å². The molecule has 0 aromatic heterocycles. The van der Waals surface area contributed by atoms with E-state index in [1.165, 1.54) is 25.9 Å². The van der Waals surface area contributed by atoms with E-state index in [9.17, 15) is 4.79 Å². The third kappa shape index (κ3) is 5.32. The zero-order valence-corrected chi connectivity index (χ0v) is 17.2. The van der Waals surface area contributed by atoms with Gasteiger partial charge in [0, 0.05) is 33.9 Å². The monoisotopic (exact) mass is 387 g/mol. The Morgan fingerprint density at radius 3 is 2.54 bits per heavy atom. The van der Waals surface area contributed by atoms with Crippen LogP contribution in [0.25, 0.3) is 0 Å². The molecule has 2 fully saturated rings. The summed E-state index contributed by atoms with van der Waals surface area (Å²) >= 11 is 0. The van der Waals surface area contributed by atoms with Crippen LogP contribution in [-0.2, 0) is 14.9 Å². The normalized spacial score (nSPS) is 19.8. The van der Waals surface area contributed by atoms with E-state index in [0.717, 1.165) is 30.9 Å². The fourth-order valence-electron chi connectivity index (χ4n) is 3.99. The van der Waals surface area contributed by atoms with Crippen LogP contribution in [0.5, 0.6) is 5.75 Å². The number of likely N-dealkylation sites (tertiary alicyclic amines) is 1. The highest BCUT2D eigenvalue weighted by Gasteiger charge is 2.41. The maximum atomic E-state index is 12.9. The number of amides is 1. The van der Waals surface area contributed by atoms with Gasteiger partial charge in [0.25, 0.3) is 5.91 Å². The zero-order valence-electron chi connectivity index (χ0n) is 17.2. The molecule has 0 bridgehead atoms. The van der Waals surface area contributed by atoms with Crippen molar-refractivity contribution in [3.05, 3.63) is 29.8 Å². The van der Waals surface area contributed by atoms with Gasteiger partial charge in [-0.3, -0.25) is 4.79 Å². The quantitative estimate of drug-likeness (QED) is 0.390. The molecule has 1 amide bonds. The van der Waals surface area contributed by atoms with Crippen LogP contribution in [0.4, 0.5) is 0 Å². The number of hydrogen-bond acceptors (Lipinski definition) is 4. The lowest BCUT2D eigenvalue weighted by Gasteiger charge is -2.34. The van der Waals surface area contributed by atoms with Crippen molar-refractivity contribution >= 4 is 12.2 Å². The standard InChI is InChI=1S/C22H33N3O3/c1-24(2)18-23-21(26)22(10-16-27-17-11-22)19-6-8-20(9-7-19)28-15-5-14-25-12-3-4-13-25/h6-9,18H,3-5,10-17H2,1-2H3/b23-18+. The molecule has 0 spiro atoms. The van der Waals surface area contributed by atoms with Crippen LogP contribution in [0.3, 0.4) is 0 Å². The summed E-state index contributed by atoms with van der Waals surface area (Å²) in [5.74, 6) is 0.764. The number of rotatable bonds is 8. The van der Waals surface area contributed by atoms with Crippen LogP contribution in [0.15, 0.2) is 29.3 Å². The number of carbonyl (C=O) groups is 1. The largest absolute Gasteiger partial charge is 0.494 e. The molecule has 2 heterocycles. The summed E-state index contributed by atoms with van der Waals surface area (Å²) < 4.78 is 11.4. The highest BCUT2D eigenvalue weighted by molar-refractivity contribution is 5.93. The first-order chi connectivity index (χ1) is 13.6. The topological polar surface area (TPSA) is 54.4 Å². The molecule has 3 rings (SSSR count). The third-order valence-corrected chi connectivity index (χ3v) is 5.65. The molecule has 28 heavy (non-hydrogen) atoms. The van der Waals surface area contributed by atoms with Gasteiger partial charge < -0.3 is 19.3 Å². The van der Waals surface area contributed by atoms with Crippen LogP contribution in [0.1, 0.15) is 37.7 Å². The number of ether oxygens (including phenoxy) is 2. The van der Waals surface area contributed by atoms with Crippen molar-refractivity contribution in [3.63, 3.8) is 0 Å². The van der Waals surface area contributed by atoms with Crippen LogP contribution in [0.2, 0.25) is 0 Å². The Bertz CT molecular complexity index is 645. The maximum Gasteiger partial charge on any atom is 0.257 e. The smallest absolute Gasteiger partial charge is 0.257 e. The number of carbonyl (C=O) groups excluding carboxylic acids is 1. The lowest BCUT2D eigenvalue weighted by molar-refractivity contribution is -0.126. The summed E-state index contributed by atoms with van der Waals surface area (Å²) in [6.45, 7) is 5.45. The van der Waals surface area contributed by atoms with E-state index in [1.807, 2.05) is 38.4 Å². The molecule has 2 aliphatic rings. The van der Waals surface area contributed by atoms with Gasteiger partial charge >= 0.3 is 0 Å². The average Bonchev–Trinajstić information content (AvgIpc) is 3.24. The fourth-order valence-corrected chi connectivity index (χ4v) is 3.99. The summed E-state index contributed by atoms with van der Waals surface area (Å²) in [7, 11) is 3.73. The Hall–Kier alpha value is -1.92. The molecule has 2 saturated heterocycles. The molecule has 0 saturated carbocycles. The van der Waals surface area contributed by atoms with Crippen LogP contribution in [0, 0.1) is 0 Å². The Morgan fingerprint density at radius 2 is 1.89 bits per heavy atom. The van der Waals surface area contributed by atoms with Crippen molar-refractivity contribution in [2.45, 2.75) is 37.5 Å². The SMILES string of the molecule is CN(C)/C=N/C(=O)C1(c2ccc(OCCCN3CCCC3)cc2)CCOCC1. The van der Waals surface area contributed by atoms with Gasteiger partial charge in [0.05, 0.1) is 18.4 Å². The first-order valence-corrected chi connectivity index (χ1v) is 10.4. The van der Waals surface area contributed by atoms with Gasteiger partial charge in [-0.15, -0.1) is 0 Å². The molecule has 0 atom stereocenters. The first kappa shape index (κ1) is 20.8. The van der Waals surface area contributed by atoms with Gasteiger partial charge in [-0.25, -0.2) is 4.99 Å². The molecule has 154 valence electrons. The third-order valence-electron chi connectivity index (χ3n) is 5.65. The molecule has 0 radical (unpaired) electrons. The van der Waals surface area contributed by atoms with Gasteiger partial charge in [0.1, 0.15) is 5.75 Å². The van der Waals surface area contributed by atoms with E-state index in [0.29, 0.717) is 26.1 Å². The van der Waals surface area contributed by atoms with Gasteiger partial charge in [-0.05, 0) is 62.9 Å². The number of aliphatic imine (C=N–C) groups is 1. The molecular formula is C22H33N3O3. The minimum atomic E-state index is -0.598. The van der Waals surface area contributed by atoms with E-state index >= 15 is 0 Å². The molecule has 1 aromatic rings. The number of nitrogens with zero attached hydrogens (tertiary/aromatic N) is 3. The van der Waals surface area contributed by atoms with Crippen molar-refractivity contribution in [1.29, 1.82) is 0 Å². The summed E-state index contributed by atoms with van der Waals surface area (Å²) in [4.78, 5) is 21.4. The Labute approximate surface area is 168 Å². The zero-order chi connectivity index (χ0) is 19.8. The molecular weight excluding hydrogens is 354 g/mol. The second kappa shape index (κ2) is 10.0. The van der Waals surface area contributed by atoms with Crippen molar-refractivity contribution in [2.75, 3.05) is 53.6 Å². The molecule has 0 N–H and O–H groups in total. The van der Waals surface area contributed by atoms with Crippen molar-refractivity contribution in [2.24, 2.45) is 4.99 Å². The van der Waals surface area contributed by atoms with Gasteiger partial charge in [-0.1, -0.05) is 12.1 Å². The minimum absolute atomic E-state index is 0.0937. The molecule has 2 aliphatic heterocycles. The molecule has 6 nitrogen and oxygen atoms in total. The summed E-state index contributed by atoms with van der Waals surface area (Å²) in [5, 5.41) is 0. The van der Waals surface area contributed by atoms with Crippen molar-refractivity contribution in [1.82, 2.24) is 9.80 Å².